The van der Waals surface area contributed by atoms with E-state index >= 15 is 0 Å². The van der Waals surface area contributed by atoms with Gasteiger partial charge in [-0.3, -0.25) is 14.6 Å². The molecule has 0 saturated heterocycles. The number of carbonyl (C=O) groups is 3. The van der Waals surface area contributed by atoms with Crippen molar-refractivity contribution in [3.63, 3.8) is 0 Å². The van der Waals surface area contributed by atoms with E-state index in [1.54, 1.807) is 55.7 Å². The second kappa shape index (κ2) is 8.07. The molecule has 1 unspecified atom stereocenters. The van der Waals surface area contributed by atoms with Crippen LogP contribution in [0.2, 0.25) is 5.02 Å². The maximum absolute atomic E-state index is 13.0. The molecule has 0 radical (unpaired) electrons. The number of ether oxygens (including phenoxy) is 1. The van der Waals surface area contributed by atoms with E-state index < -0.39 is 17.9 Å². The maximum Gasteiger partial charge on any atom is 0.340 e. The van der Waals surface area contributed by atoms with Crippen LogP contribution in [-0.4, -0.2) is 32.7 Å². The van der Waals surface area contributed by atoms with Gasteiger partial charge in [-0.15, -0.1) is 0 Å². The Morgan fingerprint density at radius 3 is 2.48 bits per heavy atom. The molecule has 0 aliphatic heterocycles. The zero-order chi connectivity index (χ0) is 23.1. The predicted octanol–water partition coefficient (Wildman–Crippen LogP) is 4.48. The van der Waals surface area contributed by atoms with Crippen molar-refractivity contribution in [2.24, 2.45) is 0 Å². The quantitative estimate of drug-likeness (QED) is 0.361. The minimum absolute atomic E-state index is 0.0147. The number of benzene rings is 2. The first-order chi connectivity index (χ1) is 16.0. The first-order valence-electron chi connectivity index (χ1n) is 9.91. The number of carbonyl (C=O) groups excluding carboxylic acids is 3. The lowest BCUT2D eigenvalue weighted by molar-refractivity contribution is 0.0265. The van der Waals surface area contributed by atoms with Crippen molar-refractivity contribution in [1.82, 2.24) is 15.1 Å². The van der Waals surface area contributed by atoms with Crippen molar-refractivity contribution in [2.75, 3.05) is 0 Å². The Morgan fingerprint density at radius 2 is 1.76 bits per heavy atom. The predicted molar refractivity (Wildman–Crippen MR) is 116 cm³/mol. The largest absolute Gasteiger partial charge is 0.449 e. The Morgan fingerprint density at radius 1 is 1.00 bits per heavy atom. The lowest BCUT2D eigenvalue weighted by atomic mass is 9.83. The van der Waals surface area contributed by atoms with Crippen molar-refractivity contribution >= 4 is 29.1 Å². The topological polar surface area (TPSA) is 112 Å². The van der Waals surface area contributed by atoms with Gasteiger partial charge in [0.25, 0.3) is 5.89 Å². The fourth-order valence-electron chi connectivity index (χ4n) is 3.59. The van der Waals surface area contributed by atoms with E-state index in [2.05, 4.69) is 15.1 Å². The molecular formula is C24H14ClN3O5. The van der Waals surface area contributed by atoms with Crippen LogP contribution in [0.3, 0.4) is 0 Å². The minimum atomic E-state index is -0.888. The third-order valence-corrected chi connectivity index (χ3v) is 5.64. The SMILES string of the molecule is CC(OC(=O)c1ccc2c(c1Cl)C(=O)c1ccccc1C2=O)c1nc(-c2cccnc2)no1. The van der Waals surface area contributed by atoms with Crippen LogP contribution in [-0.2, 0) is 4.74 Å². The number of aromatic nitrogens is 3. The Hall–Kier alpha value is -4.17. The van der Waals surface area contributed by atoms with E-state index in [1.165, 1.54) is 12.1 Å². The summed E-state index contributed by atoms with van der Waals surface area (Å²) in [6.45, 7) is 1.57. The number of fused-ring (bicyclic) bond motifs is 2. The maximum atomic E-state index is 13.0. The van der Waals surface area contributed by atoms with Crippen molar-refractivity contribution in [3.05, 3.63) is 99.7 Å². The van der Waals surface area contributed by atoms with Gasteiger partial charge in [0.15, 0.2) is 17.7 Å². The van der Waals surface area contributed by atoms with Crippen LogP contribution in [0.5, 0.6) is 0 Å². The van der Waals surface area contributed by atoms with Gasteiger partial charge in [0.1, 0.15) is 0 Å². The van der Waals surface area contributed by atoms with Gasteiger partial charge < -0.3 is 9.26 Å². The normalized spacial score (nSPS) is 13.3. The van der Waals surface area contributed by atoms with Crippen molar-refractivity contribution in [2.45, 2.75) is 13.0 Å². The molecule has 2 aromatic carbocycles. The molecule has 2 heterocycles. The highest BCUT2D eigenvalue weighted by atomic mass is 35.5. The average Bonchev–Trinajstić information content (AvgIpc) is 3.33. The van der Waals surface area contributed by atoms with Crippen LogP contribution >= 0.6 is 11.6 Å². The summed E-state index contributed by atoms with van der Waals surface area (Å²) in [5.74, 6) is -1.17. The minimum Gasteiger partial charge on any atom is -0.449 e. The van der Waals surface area contributed by atoms with Gasteiger partial charge in [-0.05, 0) is 31.2 Å². The molecule has 2 aromatic heterocycles. The van der Waals surface area contributed by atoms with E-state index in [4.69, 9.17) is 20.9 Å². The summed E-state index contributed by atoms with van der Waals surface area (Å²) >= 11 is 6.43. The van der Waals surface area contributed by atoms with Gasteiger partial charge in [-0.2, -0.15) is 4.98 Å². The fraction of sp³-hybridized carbons (Fsp3) is 0.0833. The molecule has 0 amide bonds. The second-order valence-corrected chi connectivity index (χ2v) is 7.68. The first kappa shape index (κ1) is 20.7. The molecule has 0 N–H and O–H groups in total. The Labute approximate surface area is 192 Å². The summed E-state index contributed by atoms with van der Waals surface area (Å²) in [6.07, 6.45) is 2.31. The number of halogens is 1. The first-order valence-corrected chi connectivity index (χ1v) is 10.3. The number of pyridine rings is 1. The molecule has 4 aromatic rings. The zero-order valence-corrected chi connectivity index (χ0v) is 17.9. The number of ketones is 2. The molecule has 5 rings (SSSR count). The highest BCUT2D eigenvalue weighted by molar-refractivity contribution is 6.41. The highest BCUT2D eigenvalue weighted by Crippen LogP contribution is 2.34. The molecule has 1 aliphatic rings. The molecule has 1 aliphatic carbocycles. The highest BCUT2D eigenvalue weighted by Gasteiger charge is 2.33. The lowest BCUT2D eigenvalue weighted by Gasteiger charge is -2.19. The Kier molecular flexibility index (Phi) is 5.07. The molecule has 33 heavy (non-hydrogen) atoms. The smallest absolute Gasteiger partial charge is 0.340 e. The molecule has 0 fully saturated rings. The van der Waals surface area contributed by atoms with Crippen LogP contribution in [0, 0.1) is 0 Å². The lowest BCUT2D eigenvalue weighted by Crippen LogP contribution is -2.22. The Bertz CT molecular complexity index is 1430. The molecule has 9 heteroatoms. The standard InChI is InChI=1S/C24H14ClN3O5/c1-12(23-27-22(28-33-23)13-5-4-10-26-11-13)32-24(31)17-9-8-16-18(19(17)25)21(30)15-7-3-2-6-14(15)20(16)29/h2-12H,1H3. The second-order valence-electron chi connectivity index (χ2n) is 7.30. The van der Waals surface area contributed by atoms with E-state index in [0.717, 1.165) is 0 Å². The number of hydrogen-bond donors (Lipinski definition) is 0. The summed E-state index contributed by atoms with van der Waals surface area (Å²) in [6, 6.07) is 12.8. The third kappa shape index (κ3) is 3.50. The number of rotatable bonds is 4. The van der Waals surface area contributed by atoms with E-state index in [9.17, 15) is 14.4 Å². The van der Waals surface area contributed by atoms with Crippen LogP contribution in [0.4, 0.5) is 0 Å². The number of nitrogens with zero attached hydrogens (tertiary/aromatic N) is 3. The summed E-state index contributed by atoms with van der Waals surface area (Å²) in [5, 5.41) is 3.74. The summed E-state index contributed by atoms with van der Waals surface area (Å²) in [7, 11) is 0. The van der Waals surface area contributed by atoms with Crippen LogP contribution in [0.25, 0.3) is 11.4 Å². The van der Waals surface area contributed by atoms with Crippen molar-refractivity contribution in [3.8, 4) is 11.4 Å². The zero-order valence-electron chi connectivity index (χ0n) is 17.1. The van der Waals surface area contributed by atoms with Crippen molar-refractivity contribution < 1.29 is 23.6 Å². The summed E-state index contributed by atoms with van der Waals surface area (Å²) in [5.41, 5.74) is 1.27. The van der Waals surface area contributed by atoms with Gasteiger partial charge in [-0.1, -0.05) is 41.0 Å². The Balaban J connectivity index is 1.42. The number of hydrogen-bond acceptors (Lipinski definition) is 8. The van der Waals surface area contributed by atoms with Crippen LogP contribution < -0.4 is 0 Å². The third-order valence-electron chi connectivity index (χ3n) is 5.24. The monoisotopic (exact) mass is 459 g/mol. The van der Waals surface area contributed by atoms with Crippen LogP contribution in [0.15, 0.2) is 65.4 Å². The molecule has 1 atom stereocenters. The molecule has 0 spiro atoms. The number of esters is 1. The summed E-state index contributed by atoms with van der Waals surface area (Å²) in [4.78, 5) is 46.9. The van der Waals surface area contributed by atoms with Gasteiger partial charge in [-0.25, -0.2) is 4.79 Å². The van der Waals surface area contributed by atoms with Crippen LogP contribution in [0.1, 0.15) is 61.1 Å². The molecule has 0 bridgehead atoms. The van der Waals surface area contributed by atoms with E-state index in [1.807, 2.05) is 0 Å². The molecule has 0 saturated carbocycles. The fourth-order valence-corrected chi connectivity index (χ4v) is 3.92. The molecule has 162 valence electrons. The summed E-state index contributed by atoms with van der Waals surface area (Å²) < 4.78 is 10.7. The van der Waals surface area contributed by atoms with Gasteiger partial charge in [0, 0.05) is 34.6 Å². The molecular weight excluding hydrogens is 446 g/mol. The van der Waals surface area contributed by atoms with E-state index in [0.29, 0.717) is 17.0 Å². The van der Waals surface area contributed by atoms with Gasteiger partial charge in [0.2, 0.25) is 5.82 Å². The van der Waals surface area contributed by atoms with Gasteiger partial charge >= 0.3 is 5.97 Å². The van der Waals surface area contributed by atoms with E-state index in [-0.39, 0.29) is 39.0 Å². The van der Waals surface area contributed by atoms with Gasteiger partial charge in [0.05, 0.1) is 16.1 Å². The molecule has 8 nitrogen and oxygen atoms in total. The average molecular weight is 460 g/mol. The van der Waals surface area contributed by atoms with Crippen molar-refractivity contribution in [1.29, 1.82) is 0 Å².